The summed E-state index contributed by atoms with van der Waals surface area (Å²) in [7, 11) is 4.35. The number of hydrogen-bond donors (Lipinski definition) is 2. The second kappa shape index (κ2) is 7.00. The van der Waals surface area contributed by atoms with E-state index >= 15 is 0 Å². The molecule has 0 amide bonds. The fraction of sp³-hybridized carbons (Fsp3) is 0.857. The van der Waals surface area contributed by atoms with Crippen LogP contribution in [0.25, 0.3) is 0 Å². The number of likely N-dealkylation sites (N-methyl/N-ethyl adjacent to an activating group) is 1. The van der Waals surface area contributed by atoms with Crippen LogP contribution in [0.15, 0.2) is 0 Å². The smallest absolute Gasteiger partial charge is 0.0503 e. The molecule has 1 aliphatic carbocycles. The van der Waals surface area contributed by atoms with Crippen LogP contribution >= 0.6 is 0 Å². The van der Waals surface area contributed by atoms with Crippen molar-refractivity contribution >= 4 is 0 Å². The van der Waals surface area contributed by atoms with Crippen molar-refractivity contribution in [1.82, 2.24) is 10.3 Å². The van der Waals surface area contributed by atoms with Gasteiger partial charge in [-0.05, 0) is 33.9 Å². The first-order chi connectivity index (χ1) is 8.17. The molecule has 0 aliphatic heterocycles. The molecule has 1 aliphatic rings. The molecule has 0 spiro atoms. The van der Waals surface area contributed by atoms with E-state index in [1.807, 2.05) is 6.92 Å². The molecular weight excluding hydrogens is 210 g/mol. The van der Waals surface area contributed by atoms with Gasteiger partial charge in [-0.15, -0.1) is 11.8 Å². The first-order valence-electron chi connectivity index (χ1n) is 6.70. The van der Waals surface area contributed by atoms with Crippen LogP contribution < -0.4 is 11.3 Å². The molecule has 3 heteroatoms. The van der Waals surface area contributed by atoms with E-state index in [1.54, 1.807) is 0 Å². The van der Waals surface area contributed by atoms with E-state index in [2.05, 4.69) is 36.3 Å². The van der Waals surface area contributed by atoms with E-state index in [0.29, 0.717) is 0 Å². The molecule has 0 bridgehead atoms. The van der Waals surface area contributed by atoms with E-state index in [-0.39, 0.29) is 11.6 Å². The van der Waals surface area contributed by atoms with Crippen LogP contribution in [-0.4, -0.2) is 30.6 Å². The minimum atomic E-state index is 0.176. The van der Waals surface area contributed by atoms with E-state index in [0.717, 1.165) is 6.42 Å². The fourth-order valence-electron chi connectivity index (χ4n) is 3.06. The highest BCUT2D eigenvalue weighted by molar-refractivity contribution is 5.06. The first-order valence-corrected chi connectivity index (χ1v) is 6.70. The van der Waals surface area contributed by atoms with Gasteiger partial charge >= 0.3 is 0 Å². The van der Waals surface area contributed by atoms with Gasteiger partial charge in [-0.25, -0.2) is 0 Å². The molecule has 17 heavy (non-hydrogen) atoms. The normalized spacial score (nSPS) is 21.5. The molecule has 1 unspecified atom stereocenters. The second-order valence-corrected chi connectivity index (χ2v) is 5.26. The lowest BCUT2D eigenvalue weighted by Gasteiger charge is -2.45. The second-order valence-electron chi connectivity index (χ2n) is 5.26. The zero-order chi connectivity index (χ0) is 12.7. The maximum atomic E-state index is 5.77. The fourth-order valence-corrected chi connectivity index (χ4v) is 3.06. The van der Waals surface area contributed by atoms with Gasteiger partial charge in [0.1, 0.15) is 0 Å². The molecular formula is C14H27N3. The Morgan fingerprint density at radius 2 is 1.82 bits per heavy atom. The van der Waals surface area contributed by atoms with Crippen molar-refractivity contribution in [3.05, 3.63) is 0 Å². The summed E-state index contributed by atoms with van der Waals surface area (Å²) in [4.78, 5) is 2.36. The summed E-state index contributed by atoms with van der Waals surface area (Å²) in [5.41, 5.74) is 3.19. The number of nitrogens with two attached hydrogens (primary N) is 1. The summed E-state index contributed by atoms with van der Waals surface area (Å²) in [6.07, 6.45) is 8.59. The Kier molecular flexibility index (Phi) is 5.97. The molecule has 3 N–H and O–H groups in total. The van der Waals surface area contributed by atoms with Crippen molar-refractivity contribution in [2.45, 2.75) is 63.5 Å². The van der Waals surface area contributed by atoms with Crippen LogP contribution in [0.2, 0.25) is 0 Å². The largest absolute Gasteiger partial charge is 0.302 e. The Bertz CT molecular complexity index is 267. The number of hydrogen-bond acceptors (Lipinski definition) is 3. The lowest BCUT2D eigenvalue weighted by molar-refractivity contribution is 0.0822. The maximum Gasteiger partial charge on any atom is 0.0503 e. The third-order valence-corrected chi connectivity index (χ3v) is 4.19. The van der Waals surface area contributed by atoms with Gasteiger partial charge in [0.2, 0.25) is 0 Å². The molecule has 1 saturated carbocycles. The summed E-state index contributed by atoms with van der Waals surface area (Å²) in [6.45, 7) is 1.89. The van der Waals surface area contributed by atoms with E-state index in [9.17, 15) is 0 Å². The Labute approximate surface area is 106 Å². The van der Waals surface area contributed by atoms with Gasteiger partial charge < -0.3 is 4.90 Å². The summed E-state index contributed by atoms with van der Waals surface area (Å²) >= 11 is 0. The lowest BCUT2D eigenvalue weighted by Crippen LogP contribution is -2.60. The highest BCUT2D eigenvalue weighted by Gasteiger charge is 2.39. The number of nitrogens with zero attached hydrogens (tertiary/aromatic N) is 1. The summed E-state index contributed by atoms with van der Waals surface area (Å²) in [5, 5.41) is 0. The predicted molar refractivity (Wildman–Crippen MR) is 73.3 cm³/mol. The van der Waals surface area contributed by atoms with Crippen LogP contribution in [0.3, 0.4) is 0 Å². The minimum Gasteiger partial charge on any atom is -0.302 e. The topological polar surface area (TPSA) is 41.3 Å². The molecule has 0 aromatic heterocycles. The van der Waals surface area contributed by atoms with Crippen LogP contribution in [0, 0.1) is 11.8 Å². The summed E-state index contributed by atoms with van der Waals surface area (Å²) in [6, 6.07) is 0.267. The number of rotatable bonds is 4. The predicted octanol–water partition coefficient (Wildman–Crippen LogP) is 1.89. The van der Waals surface area contributed by atoms with Crippen LogP contribution in [0.4, 0.5) is 0 Å². The Balaban J connectivity index is 2.88. The quantitative estimate of drug-likeness (QED) is 0.339. The molecule has 0 aromatic rings. The minimum absolute atomic E-state index is 0.176. The molecule has 1 fully saturated rings. The molecule has 1 atom stereocenters. The highest BCUT2D eigenvalue weighted by atomic mass is 15.3. The standard InChI is InChI=1S/C14H27N3/c1-4-5-10-13(16-15)14(17(2)3)11-8-6-7-9-12-14/h13,16H,6-12,15H2,1-3H3. The van der Waals surface area contributed by atoms with Crippen molar-refractivity contribution in [3.63, 3.8) is 0 Å². The highest BCUT2D eigenvalue weighted by Crippen LogP contribution is 2.34. The van der Waals surface area contributed by atoms with Crippen molar-refractivity contribution in [2.24, 2.45) is 5.84 Å². The molecule has 0 saturated heterocycles. The van der Waals surface area contributed by atoms with Crippen LogP contribution in [0.5, 0.6) is 0 Å². The van der Waals surface area contributed by atoms with Gasteiger partial charge in [0.15, 0.2) is 0 Å². The zero-order valence-corrected chi connectivity index (χ0v) is 11.6. The molecule has 3 nitrogen and oxygen atoms in total. The van der Waals surface area contributed by atoms with Crippen LogP contribution in [-0.2, 0) is 0 Å². The van der Waals surface area contributed by atoms with Gasteiger partial charge in [-0.3, -0.25) is 11.3 Å². The van der Waals surface area contributed by atoms with Crippen molar-refractivity contribution in [1.29, 1.82) is 0 Å². The van der Waals surface area contributed by atoms with Crippen LogP contribution in [0.1, 0.15) is 51.9 Å². The van der Waals surface area contributed by atoms with Gasteiger partial charge in [-0.2, -0.15) is 0 Å². The van der Waals surface area contributed by atoms with E-state index in [4.69, 9.17) is 5.84 Å². The Morgan fingerprint density at radius 1 is 1.24 bits per heavy atom. The number of hydrazine groups is 1. The zero-order valence-electron chi connectivity index (χ0n) is 11.6. The third kappa shape index (κ3) is 3.45. The Hall–Kier alpha value is -0.560. The van der Waals surface area contributed by atoms with Crippen molar-refractivity contribution in [2.75, 3.05) is 14.1 Å². The lowest BCUT2D eigenvalue weighted by atomic mass is 9.80. The molecule has 0 heterocycles. The van der Waals surface area contributed by atoms with E-state index in [1.165, 1.54) is 38.5 Å². The van der Waals surface area contributed by atoms with Crippen molar-refractivity contribution < 1.29 is 0 Å². The number of nitrogens with one attached hydrogen (secondary N) is 1. The van der Waals surface area contributed by atoms with Gasteiger partial charge in [0, 0.05) is 12.0 Å². The average Bonchev–Trinajstić information content (AvgIpc) is 2.57. The molecule has 1 rings (SSSR count). The third-order valence-electron chi connectivity index (χ3n) is 4.19. The molecule has 98 valence electrons. The van der Waals surface area contributed by atoms with E-state index < -0.39 is 0 Å². The Morgan fingerprint density at radius 3 is 2.24 bits per heavy atom. The van der Waals surface area contributed by atoms with Crippen molar-refractivity contribution in [3.8, 4) is 11.8 Å². The first kappa shape index (κ1) is 14.5. The van der Waals surface area contributed by atoms with Gasteiger partial charge in [-0.1, -0.05) is 25.7 Å². The SMILES string of the molecule is CC#CCC(NN)C1(N(C)C)CCCCCC1. The average molecular weight is 237 g/mol. The molecule has 0 radical (unpaired) electrons. The monoisotopic (exact) mass is 237 g/mol. The summed E-state index contributed by atoms with van der Waals surface area (Å²) in [5.74, 6) is 11.9. The van der Waals surface area contributed by atoms with Gasteiger partial charge in [0.25, 0.3) is 0 Å². The van der Waals surface area contributed by atoms with Gasteiger partial charge in [0.05, 0.1) is 6.04 Å². The maximum absolute atomic E-state index is 5.77. The molecule has 0 aromatic carbocycles. The summed E-state index contributed by atoms with van der Waals surface area (Å²) < 4.78 is 0.